The predicted octanol–water partition coefficient (Wildman–Crippen LogP) is 0.765. The van der Waals surface area contributed by atoms with Crippen molar-refractivity contribution in [2.45, 2.75) is 71.0 Å². The standard InChI is InChI=1S/C23H33NO6/c1-10(2)12-6-7-14-21-9-30-23(29,22(14,11(3)25)17(12)26)18(27)16(21)20(4,5)8-13-15(21)19(28)24-13/h12-18,26-27,29H,1,6-9H2,2-5H3,(H,24,28)/t12-,13+,14-,15-,16+,17+,18-,21+,22+,23-/m0/s1. The van der Waals surface area contributed by atoms with Crippen LogP contribution in [0, 0.1) is 39.9 Å². The molecule has 1 spiro atoms. The van der Waals surface area contributed by atoms with Crippen molar-refractivity contribution >= 4 is 11.7 Å². The van der Waals surface area contributed by atoms with E-state index in [0.717, 1.165) is 5.57 Å². The Morgan fingerprint density at radius 1 is 1.20 bits per heavy atom. The summed E-state index contributed by atoms with van der Waals surface area (Å²) < 4.78 is 5.98. The lowest BCUT2D eigenvalue weighted by atomic mass is 9.31. The van der Waals surface area contributed by atoms with Gasteiger partial charge in [0.05, 0.1) is 18.6 Å². The molecule has 3 aliphatic carbocycles. The lowest BCUT2D eigenvalue weighted by molar-refractivity contribution is -0.460. The normalized spacial score (nSPS) is 55.4. The summed E-state index contributed by atoms with van der Waals surface area (Å²) in [6, 6.07) is -0.0514. The van der Waals surface area contributed by atoms with E-state index in [1.807, 2.05) is 6.92 Å². The van der Waals surface area contributed by atoms with Crippen LogP contribution in [0.5, 0.6) is 0 Å². The number of fused-ring (bicyclic) bond motifs is 2. The number of carbonyl (C=O) groups excluding carboxylic acids is 2. The van der Waals surface area contributed by atoms with E-state index in [4.69, 9.17) is 4.74 Å². The SMILES string of the molecule is C=C(C)[C@@H]1CC[C@H]2[C@@]34CO[C@@](O)([C@@H](O)[C@@H]3C(C)(C)C[C@H]3NC(=O)[C@H]34)[C@@]2(C(C)=O)[C@@H]1O. The molecule has 1 amide bonds. The Kier molecular flexibility index (Phi) is 3.94. The Labute approximate surface area is 176 Å². The molecule has 3 saturated heterocycles. The van der Waals surface area contributed by atoms with Crippen LogP contribution in [0.15, 0.2) is 12.2 Å². The molecule has 0 aromatic rings. The van der Waals surface area contributed by atoms with Crippen LogP contribution < -0.4 is 5.32 Å². The zero-order valence-electron chi connectivity index (χ0n) is 18.1. The number of aliphatic hydroxyl groups is 3. The van der Waals surface area contributed by atoms with E-state index < -0.39 is 52.4 Å². The molecule has 4 N–H and O–H groups in total. The van der Waals surface area contributed by atoms with Crippen LogP contribution in [-0.4, -0.2) is 57.7 Å². The molecule has 3 saturated carbocycles. The van der Waals surface area contributed by atoms with Gasteiger partial charge >= 0.3 is 0 Å². The molecule has 2 bridgehead atoms. The maximum Gasteiger partial charge on any atom is 0.226 e. The third-order valence-corrected chi connectivity index (χ3v) is 9.64. The van der Waals surface area contributed by atoms with Crippen LogP contribution in [0.2, 0.25) is 0 Å². The molecule has 166 valence electrons. The summed E-state index contributed by atoms with van der Waals surface area (Å²) in [7, 11) is 0. The molecule has 6 rings (SSSR count). The smallest absolute Gasteiger partial charge is 0.226 e. The number of rotatable bonds is 2. The van der Waals surface area contributed by atoms with Crippen molar-refractivity contribution in [3.63, 3.8) is 0 Å². The minimum atomic E-state index is -2.20. The Balaban J connectivity index is 1.79. The number of aliphatic hydroxyl groups excluding tert-OH is 2. The Morgan fingerprint density at radius 2 is 1.87 bits per heavy atom. The third kappa shape index (κ3) is 1.89. The second kappa shape index (κ2) is 5.74. The average molecular weight is 420 g/mol. The van der Waals surface area contributed by atoms with Gasteiger partial charge in [0.1, 0.15) is 17.3 Å². The maximum atomic E-state index is 13.4. The molecule has 3 heterocycles. The molecular weight excluding hydrogens is 386 g/mol. The number of ether oxygens (including phenoxy) is 1. The minimum absolute atomic E-state index is 0.0514. The van der Waals surface area contributed by atoms with E-state index in [1.165, 1.54) is 6.92 Å². The van der Waals surface area contributed by atoms with E-state index in [1.54, 1.807) is 0 Å². The van der Waals surface area contributed by atoms with E-state index in [9.17, 15) is 24.9 Å². The van der Waals surface area contributed by atoms with Crippen LogP contribution in [0.4, 0.5) is 0 Å². The summed E-state index contributed by atoms with van der Waals surface area (Å²) in [5.74, 6) is -4.34. The lowest BCUT2D eigenvalue weighted by Gasteiger charge is -2.78. The van der Waals surface area contributed by atoms with Crippen molar-refractivity contribution < 1.29 is 29.6 Å². The van der Waals surface area contributed by atoms with Gasteiger partial charge < -0.3 is 25.4 Å². The highest BCUT2D eigenvalue weighted by molar-refractivity contribution is 5.89. The highest BCUT2D eigenvalue weighted by Crippen LogP contribution is 2.76. The molecule has 0 radical (unpaired) electrons. The Bertz CT molecular complexity index is 855. The number of Topliss-reactive ketones (excluding diaryl/α,β-unsaturated/α-hetero) is 1. The summed E-state index contributed by atoms with van der Waals surface area (Å²) in [4.78, 5) is 26.2. The first-order chi connectivity index (χ1) is 13.9. The third-order valence-electron chi connectivity index (χ3n) is 9.64. The van der Waals surface area contributed by atoms with Gasteiger partial charge in [0.2, 0.25) is 11.7 Å². The fraction of sp³-hybridized carbons (Fsp3) is 0.826. The number of hydrogen-bond acceptors (Lipinski definition) is 6. The van der Waals surface area contributed by atoms with Gasteiger partial charge in [-0.3, -0.25) is 9.59 Å². The summed E-state index contributed by atoms with van der Waals surface area (Å²) in [5, 5.41) is 38.1. The summed E-state index contributed by atoms with van der Waals surface area (Å²) >= 11 is 0. The Morgan fingerprint density at radius 3 is 2.43 bits per heavy atom. The molecule has 7 nitrogen and oxygen atoms in total. The molecule has 30 heavy (non-hydrogen) atoms. The molecule has 6 aliphatic rings. The summed E-state index contributed by atoms with van der Waals surface area (Å²) in [5.41, 5.74) is -2.16. The van der Waals surface area contributed by atoms with Gasteiger partial charge in [-0.15, -0.1) is 0 Å². The lowest BCUT2D eigenvalue weighted by Crippen LogP contribution is -2.89. The highest BCUT2D eigenvalue weighted by atomic mass is 16.6. The van der Waals surface area contributed by atoms with Crippen molar-refractivity contribution in [3.05, 3.63) is 12.2 Å². The fourth-order valence-electron chi connectivity index (χ4n) is 8.82. The molecule has 3 aliphatic heterocycles. The van der Waals surface area contributed by atoms with Crippen molar-refractivity contribution in [1.82, 2.24) is 5.32 Å². The topological polar surface area (TPSA) is 116 Å². The van der Waals surface area contributed by atoms with Crippen molar-refractivity contribution in [2.75, 3.05) is 6.61 Å². The van der Waals surface area contributed by atoms with E-state index in [-0.39, 0.29) is 29.9 Å². The van der Waals surface area contributed by atoms with Crippen LogP contribution in [0.3, 0.4) is 0 Å². The number of carbonyl (C=O) groups is 2. The minimum Gasteiger partial charge on any atom is -0.391 e. The molecule has 7 heteroatoms. The van der Waals surface area contributed by atoms with E-state index in [2.05, 4.69) is 25.7 Å². The molecule has 10 atom stereocenters. The maximum absolute atomic E-state index is 13.4. The number of nitrogens with one attached hydrogen (secondary N) is 1. The number of β-lactam (4-membered cyclic amide) rings is 1. The van der Waals surface area contributed by atoms with Crippen molar-refractivity contribution in [2.24, 2.45) is 39.9 Å². The van der Waals surface area contributed by atoms with Gasteiger partial charge in [-0.1, -0.05) is 26.0 Å². The van der Waals surface area contributed by atoms with E-state index in [0.29, 0.717) is 19.3 Å². The Hall–Kier alpha value is -1.28. The van der Waals surface area contributed by atoms with Crippen LogP contribution in [-0.2, 0) is 14.3 Å². The molecule has 0 aromatic carbocycles. The molecule has 0 unspecified atom stereocenters. The number of hydrogen-bond donors (Lipinski definition) is 4. The van der Waals surface area contributed by atoms with Gasteiger partial charge in [-0.25, -0.2) is 0 Å². The van der Waals surface area contributed by atoms with Crippen molar-refractivity contribution in [1.29, 1.82) is 0 Å². The summed E-state index contributed by atoms with van der Waals surface area (Å²) in [6.45, 7) is 11.4. The van der Waals surface area contributed by atoms with Crippen molar-refractivity contribution in [3.8, 4) is 0 Å². The number of ketones is 1. The second-order valence-electron chi connectivity index (χ2n) is 11.3. The van der Waals surface area contributed by atoms with E-state index >= 15 is 0 Å². The van der Waals surface area contributed by atoms with Crippen LogP contribution >= 0.6 is 0 Å². The monoisotopic (exact) mass is 419 g/mol. The largest absolute Gasteiger partial charge is 0.391 e. The predicted molar refractivity (Wildman–Crippen MR) is 107 cm³/mol. The highest BCUT2D eigenvalue weighted by Gasteiger charge is 2.86. The quantitative estimate of drug-likeness (QED) is 0.388. The zero-order valence-corrected chi connectivity index (χ0v) is 18.1. The average Bonchev–Trinajstić information content (AvgIpc) is 2.61. The summed E-state index contributed by atoms with van der Waals surface area (Å²) in [6.07, 6.45) is -0.740. The zero-order chi connectivity index (χ0) is 22.0. The fourth-order valence-corrected chi connectivity index (χ4v) is 8.82. The van der Waals surface area contributed by atoms with Gasteiger partial charge in [0.25, 0.3) is 0 Å². The van der Waals surface area contributed by atoms with Crippen LogP contribution in [0.25, 0.3) is 0 Å². The number of amides is 1. The molecule has 0 aromatic heterocycles. The van der Waals surface area contributed by atoms with Gasteiger partial charge in [0.15, 0.2) is 0 Å². The second-order valence-corrected chi connectivity index (χ2v) is 11.3. The first-order valence-corrected chi connectivity index (χ1v) is 11.1. The first-order valence-electron chi connectivity index (χ1n) is 11.1. The van der Waals surface area contributed by atoms with Gasteiger partial charge in [-0.05, 0) is 44.4 Å². The molecule has 6 fully saturated rings. The van der Waals surface area contributed by atoms with Crippen LogP contribution in [0.1, 0.15) is 47.0 Å². The molecular formula is C23H33NO6. The first kappa shape index (κ1) is 20.6. The van der Waals surface area contributed by atoms with Gasteiger partial charge in [-0.2, -0.15) is 0 Å². The van der Waals surface area contributed by atoms with Gasteiger partial charge in [0, 0.05) is 23.3 Å².